The molecule has 1 aromatic heterocycles. The molecule has 110 valence electrons. The van der Waals surface area contributed by atoms with Crippen molar-refractivity contribution in [1.29, 1.82) is 0 Å². The maximum absolute atomic E-state index is 11.1. The number of hydrogen-bond donors (Lipinski definition) is 0. The maximum Gasteiger partial charge on any atom is 0.310 e. The molecule has 20 heavy (non-hydrogen) atoms. The van der Waals surface area contributed by atoms with Crippen molar-refractivity contribution in [2.75, 3.05) is 13.6 Å². The van der Waals surface area contributed by atoms with Crippen molar-refractivity contribution in [3.8, 4) is 0 Å². The third kappa shape index (κ3) is 2.85. The van der Waals surface area contributed by atoms with Gasteiger partial charge in [-0.25, -0.2) is 0 Å². The molecule has 0 bridgehead atoms. The first-order valence-corrected chi connectivity index (χ1v) is 7.57. The fraction of sp³-hybridized carbons (Fsp3) is 0.786. The molecule has 1 saturated carbocycles. The second kappa shape index (κ2) is 5.52. The van der Waals surface area contributed by atoms with Gasteiger partial charge in [-0.15, -0.1) is 0 Å². The SMILES string of the molecule is CN1CCCC[C@@H]1CCn1cc([N+](=O)[O-])c(C2CC2)n1. The summed E-state index contributed by atoms with van der Waals surface area (Å²) in [5, 5.41) is 15.5. The van der Waals surface area contributed by atoms with Gasteiger partial charge in [0.25, 0.3) is 0 Å². The van der Waals surface area contributed by atoms with Crippen LogP contribution in [0.15, 0.2) is 6.20 Å². The van der Waals surface area contributed by atoms with Crippen LogP contribution in [0, 0.1) is 10.1 Å². The van der Waals surface area contributed by atoms with Gasteiger partial charge in [0.2, 0.25) is 0 Å². The van der Waals surface area contributed by atoms with Crippen LogP contribution < -0.4 is 0 Å². The number of piperidine rings is 1. The second-order valence-electron chi connectivity index (χ2n) is 6.11. The van der Waals surface area contributed by atoms with E-state index in [0.717, 1.165) is 32.4 Å². The summed E-state index contributed by atoms with van der Waals surface area (Å²) in [6.07, 6.45) is 8.55. The Morgan fingerprint density at radius 1 is 1.40 bits per heavy atom. The molecule has 1 aliphatic heterocycles. The predicted molar refractivity (Wildman–Crippen MR) is 75.7 cm³/mol. The van der Waals surface area contributed by atoms with E-state index in [2.05, 4.69) is 17.0 Å². The first-order valence-electron chi connectivity index (χ1n) is 7.57. The zero-order valence-electron chi connectivity index (χ0n) is 12.0. The maximum atomic E-state index is 11.1. The normalized spacial score (nSPS) is 23.9. The van der Waals surface area contributed by atoms with Gasteiger partial charge in [-0.1, -0.05) is 6.42 Å². The average Bonchev–Trinajstić information content (AvgIpc) is 3.18. The fourth-order valence-electron chi connectivity index (χ4n) is 3.12. The first kappa shape index (κ1) is 13.5. The summed E-state index contributed by atoms with van der Waals surface area (Å²) in [6, 6.07) is 0.594. The van der Waals surface area contributed by atoms with Gasteiger partial charge >= 0.3 is 5.69 Å². The summed E-state index contributed by atoms with van der Waals surface area (Å²) >= 11 is 0. The van der Waals surface area contributed by atoms with Crippen molar-refractivity contribution >= 4 is 5.69 Å². The van der Waals surface area contributed by atoms with Crippen molar-refractivity contribution < 1.29 is 4.92 Å². The van der Waals surface area contributed by atoms with Gasteiger partial charge in [-0.2, -0.15) is 5.10 Å². The van der Waals surface area contributed by atoms with Crippen molar-refractivity contribution in [1.82, 2.24) is 14.7 Å². The Hall–Kier alpha value is -1.43. The van der Waals surface area contributed by atoms with Crippen LogP contribution in [0.1, 0.15) is 50.1 Å². The Labute approximate surface area is 118 Å². The van der Waals surface area contributed by atoms with Crippen LogP contribution in [-0.2, 0) is 6.54 Å². The number of nitro groups is 1. The summed E-state index contributed by atoms with van der Waals surface area (Å²) in [7, 11) is 2.17. The molecular formula is C14H22N4O2. The van der Waals surface area contributed by atoms with Crippen LogP contribution in [0.5, 0.6) is 0 Å². The molecule has 6 nitrogen and oxygen atoms in total. The van der Waals surface area contributed by atoms with Gasteiger partial charge < -0.3 is 4.90 Å². The molecule has 1 saturated heterocycles. The number of nitrogens with zero attached hydrogens (tertiary/aromatic N) is 4. The third-order valence-corrected chi connectivity index (χ3v) is 4.54. The minimum Gasteiger partial charge on any atom is -0.303 e. The van der Waals surface area contributed by atoms with Crippen LogP contribution in [-0.4, -0.2) is 39.2 Å². The quantitative estimate of drug-likeness (QED) is 0.613. The molecule has 0 spiro atoms. The van der Waals surface area contributed by atoms with E-state index < -0.39 is 0 Å². The minimum absolute atomic E-state index is 0.212. The van der Waals surface area contributed by atoms with E-state index in [4.69, 9.17) is 0 Å². The van der Waals surface area contributed by atoms with Crippen LogP contribution in [0.2, 0.25) is 0 Å². The Morgan fingerprint density at radius 2 is 2.20 bits per heavy atom. The molecule has 1 aliphatic carbocycles. The van der Waals surface area contributed by atoms with E-state index in [1.165, 1.54) is 19.3 Å². The molecule has 1 aromatic rings. The third-order valence-electron chi connectivity index (χ3n) is 4.54. The Balaban J connectivity index is 1.65. The molecule has 3 rings (SSSR count). The van der Waals surface area contributed by atoms with Gasteiger partial charge in [-0.05, 0) is 45.7 Å². The summed E-state index contributed by atoms with van der Waals surface area (Å²) < 4.78 is 1.79. The number of rotatable bonds is 5. The molecule has 1 atom stereocenters. The van der Waals surface area contributed by atoms with Gasteiger partial charge in [0, 0.05) is 18.5 Å². The number of likely N-dealkylation sites (tertiary alicyclic amines) is 1. The highest BCUT2D eigenvalue weighted by Crippen LogP contribution is 2.43. The highest BCUT2D eigenvalue weighted by molar-refractivity contribution is 5.37. The van der Waals surface area contributed by atoms with Crippen LogP contribution in [0.3, 0.4) is 0 Å². The van der Waals surface area contributed by atoms with E-state index >= 15 is 0 Å². The molecule has 2 aliphatic rings. The predicted octanol–water partition coefficient (Wildman–Crippen LogP) is 2.54. The first-order chi connectivity index (χ1) is 9.65. The lowest BCUT2D eigenvalue weighted by Crippen LogP contribution is -2.36. The van der Waals surface area contributed by atoms with Crippen molar-refractivity contribution in [3.05, 3.63) is 22.0 Å². The average molecular weight is 278 g/mol. The van der Waals surface area contributed by atoms with Gasteiger partial charge in [0.15, 0.2) is 0 Å². The summed E-state index contributed by atoms with van der Waals surface area (Å²) in [5.74, 6) is 0.328. The summed E-state index contributed by atoms with van der Waals surface area (Å²) in [5.41, 5.74) is 0.913. The van der Waals surface area contributed by atoms with E-state index in [0.29, 0.717) is 17.7 Å². The van der Waals surface area contributed by atoms with E-state index in [1.54, 1.807) is 10.9 Å². The number of hydrogen-bond acceptors (Lipinski definition) is 4. The van der Waals surface area contributed by atoms with Crippen LogP contribution in [0.4, 0.5) is 5.69 Å². The standard InChI is InChI=1S/C14H22N4O2/c1-16-8-3-2-4-12(16)7-9-17-10-13(18(19)20)14(15-17)11-5-6-11/h10-12H,2-9H2,1H3/t12-/m1/s1. The molecule has 0 amide bonds. The molecule has 0 unspecified atom stereocenters. The lowest BCUT2D eigenvalue weighted by molar-refractivity contribution is -0.385. The monoisotopic (exact) mass is 278 g/mol. The van der Waals surface area contributed by atoms with Crippen LogP contribution >= 0.6 is 0 Å². The Kier molecular flexibility index (Phi) is 3.74. The van der Waals surface area contributed by atoms with Gasteiger partial charge in [-0.3, -0.25) is 14.8 Å². The van der Waals surface area contributed by atoms with Gasteiger partial charge in [0.05, 0.1) is 4.92 Å². The minimum atomic E-state index is -0.288. The van der Waals surface area contributed by atoms with Crippen molar-refractivity contribution in [2.24, 2.45) is 0 Å². The molecule has 6 heteroatoms. The molecule has 0 radical (unpaired) electrons. The lowest BCUT2D eigenvalue weighted by atomic mass is 10.0. The fourth-order valence-corrected chi connectivity index (χ4v) is 3.12. The van der Waals surface area contributed by atoms with E-state index in [-0.39, 0.29) is 10.6 Å². The number of aryl methyl sites for hydroxylation is 1. The summed E-state index contributed by atoms with van der Waals surface area (Å²) in [4.78, 5) is 13.2. The molecule has 2 heterocycles. The molecular weight excluding hydrogens is 256 g/mol. The topological polar surface area (TPSA) is 64.2 Å². The largest absolute Gasteiger partial charge is 0.310 e. The highest BCUT2D eigenvalue weighted by Gasteiger charge is 2.34. The van der Waals surface area contributed by atoms with Gasteiger partial charge in [0.1, 0.15) is 11.9 Å². The molecule has 0 aromatic carbocycles. The smallest absolute Gasteiger partial charge is 0.303 e. The zero-order chi connectivity index (χ0) is 14.1. The van der Waals surface area contributed by atoms with Crippen LogP contribution in [0.25, 0.3) is 0 Å². The number of aromatic nitrogens is 2. The second-order valence-corrected chi connectivity index (χ2v) is 6.11. The molecule has 2 fully saturated rings. The lowest BCUT2D eigenvalue weighted by Gasteiger charge is -2.32. The Bertz CT molecular complexity index is 495. The van der Waals surface area contributed by atoms with E-state index in [1.807, 2.05) is 0 Å². The highest BCUT2D eigenvalue weighted by atomic mass is 16.6. The van der Waals surface area contributed by atoms with Crippen molar-refractivity contribution in [2.45, 2.75) is 57.0 Å². The zero-order valence-corrected chi connectivity index (χ0v) is 12.0. The van der Waals surface area contributed by atoms with Crippen molar-refractivity contribution in [3.63, 3.8) is 0 Å². The molecule has 0 N–H and O–H groups in total. The Morgan fingerprint density at radius 3 is 2.85 bits per heavy atom. The van der Waals surface area contributed by atoms with E-state index in [9.17, 15) is 10.1 Å². The summed E-state index contributed by atoms with van der Waals surface area (Å²) in [6.45, 7) is 1.94.